The Bertz CT molecular complexity index is 1400. The van der Waals surface area contributed by atoms with Gasteiger partial charge in [0.05, 0.1) is 6.20 Å². The topological polar surface area (TPSA) is 88.8 Å². The number of piperidine rings is 1. The molecule has 0 spiro atoms. The van der Waals surface area contributed by atoms with Crippen LogP contribution in [0.25, 0.3) is 33.6 Å². The van der Waals surface area contributed by atoms with E-state index in [9.17, 15) is 4.21 Å². The molecule has 4 aromatic rings. The summed E-state index contributed by atoms with van der Waals surface area (Å²) in [5, 5.41) is 7.98. The van der Waals surface area contributed by atoms with E-state index in [-0.39, 0.29) is 6.04 Å². The molecule has 0 radical (unpaired) electrons. The van der Waals surface area contributed by atoms with Gasteiger partial charge in [-0.3, -0.25) is 13.9 Å². The minimum absolute atomic E-state index is 0.245. The molecule has 1 saturated heterocycles. The Balaban J connectivity index is 1.47. The number of aryl methyl sites for hydroxylation is 2. The lowest BCUT2D eigenvalue weighted by Crippen LogP contribution is -2.44. The third kappa shape index (κ3) is 5.37. The van der Waals surface area contributed by atoms with E-state index in [1.807, 2.05) is 69.5 Å². The number of nitrogens with zero attached hydrogens (tertiary/aromatic N) is 6. The Labute approximate surface area is 213 Å². The van der Waals surface area contributed by atoms with Gasteiger partial charge in [-0.25, -0.2) is 14.3 Å². The van der Waals surface area contributed by atoms with Crippen LogP contribution in [0, 0.1) is 6.92 Å². The Kier molecular flexibility index (Phi) is 6.68. The Morgan fingerprint density at radius 1 is 0.944 bits per heavy atom. The van der Waals surface area contributed by atoms with E-state index in [0.29, 0.717) is 5.82 Å². The number of thiol groups is 1. The molecule has 188 valence electrons. The molecule has 0 amide bonds. The van der Waals surface area contributed by atoms with Crippen LogP contribution in [0.15, 0.2) is 61.2 Å². The second-order valence-corrected chi connectivity index (χ2v) is 12.9. The minimum Gasteiger partial charge on any atom is -0.367 e. The van der Waals surface area contributed by atoms with E-state index in [4.69, 9.17) is 9.97 Å². The van der Waals surface area contributed by atoms with Crippen molar-refractivity contribution in [2.75, 3.05) is 30.9 Å². The fourth-order valence-electron chi connectivity index (χ4n) is 4.56. The van der Waals surface area contributed by atoms with Gasteiger partial charge in [0.2, 0.25) is 0 Å². The van der Waals surface area contributed by atoms with Gasteiger partial charge in [-0.15, -0.1) is 0 Å². The second kappa shape index (κ2) is 9.91. The molecule has 4 heterocycles. The number of hydrogen-bond acceptors (Lipinski definition) is 6. The number of anilines is 1. The van der Waals surface area contributed by atoms with Crippen LogP contribution >= 0.6 is 0 Å². The van der Waals surface area contributed by atoms with E-state index in [1.165, 1.54) is 0 Å². The lowest BCUT2D eigenvalue weighted by atomic mass is 10.0. The van der Waals surface area contributed by atoms with Gasteiger partial charge in [0, 0.05) is 85.2 Å². The van der Waals surface area contributed by atoms with Gasteiger partial charge >= 0.3 is 0 Å². The van der Waals surface area contributed by atoms with Crippen molar-refractivity contribution in [3.63, 3.8) is 0 Å². The van der Waals surface area contributed by atoms with Gasteiger partial charge in [0.15, 0.2) is 5.82 Å². The summed E-state index contributed by atoms with van der Waals surface area (Å²) in [4.78, 5) is 14.2. The molecular formula is C27H33N7OS. The molecule has 5 rings (SSSR count). The first-order valence-corrected chi connectivity index (χ1v) is 14.8. The minimum atomic E-state index is -2.22. The number of aromatic nitrogens is 5. The molecule has 1 N–H and O–H groups in total. The lowest BCUT2D eigenvalue weighted by Gasteiger charge is -2.37. The monoisotopic (exact) mass is 503 g/mol. The van der Waals surface area contributed by atoms with Gasteiger partial charge in [-0.2, -0.15) is 5.10 Å². The summed E-state index contributed by atoms with van der Waals surface area (Å²) in [6, 6.07) is 12.5. The van der Waals surface area contributed by atoms with Crippen molar-refractivity contribution in [1.82, 2.24) is 29.0 Å². The van der Waals surface area contributed by atoms with Crippen LogP contribution < -0.4 is 5.32 Å². The van der Waals surface area contributed by atoms with Crippen LogP contribution in [0.3, 0.4) is 0 Å². The highest BCUT2D eigenvalue weighted by molar-refractivity contribution is 7.99. The number of pyridine rings is 1. The predicted molar refractivity (Wildman–Crippen MR) is 147 cm³/mol. The molecule has 1 aliphatic rings. The van der Waals surface area contributed by atoms with Crippen LogP contribution in [0.2, 0.25) is 0 Å². The third-order valence-electron chi connectivity index (χ3n) is 6.66. The van der Waals surface area contributed by atoms with Gasteiger partial charge in [0.1, 0.15) is 5.82 Å². The maximum absolute atomic E-state index is 12.5. The SMILES string of the molecule is Cc1ccc(-c2cnc(-c3cccc(-c4cnn(C)c4)c3)nc2NC2CCN([SH](C)(C)=O)CC2)cn1. The highest BCUT2D eigenvalue weighted by atomic mass is 32.3. The summed E-state index contributed by atoms with van der Waals surface area (Å²) in [6.07, 6.45) is 13.1. The first-order chi connectivity index (χ1) is 17.3. The van der Waals surface area contributed by atoms with E-state index in [0.717, 1.165) is 65.3 Å². The van der Waals surface area contributed by atoms with Crippen LogP contribution in [0.1, 0.15) is 18.5 Å². The lowest BCUT2D eigenvalue weighted by molar-refractivity contribution is 0.342. The molecule has 0 unspecified atom stereocenters. The summed E-state index contributed by atoms with van der Waals surface area (Å²) in [6.45, 7) is 3.61. The Hall–Kier alpha value is -3.43. The summed E-state index contributed by atoms with van der Waals surface area (Å²) in [5.41, 5.74) is 5.93. The quantitative estimate of drug-likeness (QED) is 0.387. The highest BCUT2D eigenvalue weighted by Crippen LogP contribution is 2.31. The van der Waals surface area contributed by atoms with Gasteiger partial charge in [-0.05, 0) is 37.5 Å². The standard InChI is InChI=1S/C27H33N7OS/c1-19-8-9-22(15-28-19)25-17-29-26(21-7-5-6-20(14-21)23-16-30-33(2)18-23)32-27(25)31-24-10-12-34(13-11-24)36(3,4)35/h5-9,14-18,24,36H,10-13H2,1-4H3,(H,29,31,32). The van der Waals surface area contributed by atoms with Crippen molar-refractivity contribution in [2.45, 2.75) is 25.8 Å². The summed E-state index contributed by atoms with van der Waals surface area (Å²) in [7, 11) is -0.309. The summed E-state index contributed by atoms with van der Waals surface area (Å²) >= 11 is 0. The van der Waals surface area contributed by atoms with E-state index in [2.05, 4.69) is 37.9 Å². The zero-order valence-corrected chi connectivity index (χ0v) is 22.1. The fraction of sp³-hybridized carbons (Fsp3) is 0.333. The van der Waals surface area contributed by atoms with E-state index < -0.39 is 10.1 Å². The second-order valence-electron chi connectivity index (χ2n) is 9.79. The van der Waals surface area contributed by atoms with Crippen molar-refractivity contribution in [1.29, 1.82) is 0 Å². The zero-order chi connectivity index (χ0) is 25.3. The number of nitrogens with one attached hydrogen (secondary N) is 1. The van der Waals surface area contributed by atoms with Crippen molar-refractivity contribution >= 4 is 15.9 Å². The van der Waals surface area contributed by atoms with E-state index in [1.54, 1.807) is 4.68 Å². The Morgan fingerprint density at radius 3 is 2.39 bits per heavy atom. The van der Waals surface area contributed by atoms with Crippen LogP contribution in [0.5, 0.6) is 0 Å². The first-order valence-electron chi connectivity index (χ1n) is 12.2. The average molecular weight is 504 g/mol. The predicted octanol–water partition coefficient (Wildman–Crippen LogP) is 3.98. The summed E-state index contributed by atoms with van der Waals surface area (Å²) < 4.78 is 16.4. The smallest absolute Gasteiger partial charge is 0.161 e. The molecule has 0 saturated carbocycles. The van der Waals surface area contributed by atoms with Gasteiger partial charge in [-0.1, -0.05) is 34.4 Å². The van der Waals surface area contributed by atoms with Crippen molar-refractivity contribution in [3.05, 3.63) is 66.9 Å². The van der Waals surface area contributed by atoms with Crippen LogP contribution in [0.4, 0.5) is 5.82 Å². The molecule has 0 aliphatic carbocycles. The molecule has 8 nitrogen and oxygen atoms in total. The molecule has 1 aliphatic heterocycles. The highest BCUT2D eigenvalue weighted by Gasteiger charge is 2.24. The molecule has 36 heavy (non-hydrogen) atoms. The average Bonchev–Trinajstić information content (AvgIpc) is 3.31. The van der Waals surface area contributed by atoms with Gasteiger partial charge in [0.25, 0.3) is 0 Å². The Morgan fingerprint density at radius 2 is 1.72 bits per heavy atom. The molecule has 1 aromatic carbocycles. The van der Waals surface area contributed by atoms with Crippen LogP contribution in [-0.4, -0.2) is 64.9 Å². The number of benzene rings is 1. The van der Waals surface area contributed by atoms with Crippen molar-refractivity contribution < 1.29 is 4.21 Å². The third-order valence-corrected chi connectivity index (χ3v) is 8.43. The number of hydrogen-bond donors (Lipinski definition) is 2. The fourth-order valence-corrected chi connectivity index (χ4v) is 5.76. The maximum Gasteiger partial charge on any atom is 0.161 e. The normalized spacial score (nSPS) is 15.7. The molecular weight excluding hydrogens is 470 g/mol. The molecule has 3 aromatic heterocycles. The summed E-state index contributed by atoms with van der Waals surface area (Å²) in [5.74, 6) is 1.46. The van der Waals surface area contributed by atoms with Crippen molar-refractivity contribution in [2.24, 2.45) is 7.05 Å². The molecule has 1 fully saturated rings. The van der Waals surface area contributed by atoms with Gasteiger partial charge < -0.3 is 5.32 Å². The van der Waals surface area contributed by atoms with Crippen molar-refractivity contribution in [3.8, 4) is 33.6 Å². The number of rotatable bonds is 6. The first kappa shape index (κ1) is 24.3. The molecule has 0 atom stereocenters. The molecule has 9 heteroatoms. The zero-order valence-electron chi connectivity index (χ0n) is 21.2. The van der Waals surface area contributed by atoms with Crippen LogP contribution in [-0.2, 0) is 17.2 Å². The van der Waals surface area contributed by atoms with E-state index >= 15 is 0 Å². The largest absolute Gasteiger partial charge is 0.367 e. The molecule has 0 bridgehead atoms. The maximum atomic E-state index is 12.5.